The van der Waals surface area contributed by atoms with Crippen LogP contribution in [0.5, 0.6) is 5.88 Å². The lowest BCUT2D eigenvalue weighted by atomic mass is 9.70. The van der Waals surface area contributed by atoms with Crippen molar-refractivity contribution in [2.45, 2.75) is 52.0 Å². The minimum Gasteiger partial charge on any atom is -0.474 e. The Balaban J connectivity index is 1.83. The van der Waals surface area contributed by atoms with E-state index in [2.05, 4.69) is 25.8 Å². The van der Waals surface area contributed by atoms with E-state index in [0.29, 0.717) is 27.9 Å². The SMILES string of the molecule is CC1(C)C2CCC1(C)C(Oc1ccc(Cl)c(CCl)n1)C2. The average molecular weight is 314 g/mol. The Morgan fingerprint density at radius 3 is 2.65 bits per heavy atom. The maximum Gasteiger partial charge on any atom is 0.213 e. The molecular formula is C16H21Cl2NO. The minimum absolute atomic E-state index is 0.236. The molecule has 2 nitrogen and oxygen atoms in total. The van der Waals surface area contributed by atoms with Crippen LogP contribution in [-0.2, 0) is 5.88 Å². The molecule has 0 N–H and O–H groups in total. The van der Waals surface area contributed by atoms with Gasteiger partial charge in [-0.05, 0) is 36.7 Å². The van der Waals surface area contributed by atoms with Crippen molar-refractivity contribution in [1.29, 1.82) is 0 Å². The lowest BCUT2D eigenvalue weighted by Crippen LogP contribution is -2.39. The molecule has 2 fully saturated rings. The average Bonchev–Trinajstić information content (AvgIpc) is 2.74. The maximum atomic E-state index is 6.22. The van der Waals surface area contributed by atoms with E-state index >= 15 is 0 Å². The number of rotatable bonds is 3. The number of halogens is 2. The summed E-state index contributed by atoms with van der Waals surface area (Å²) in [5, 5.41) is 0.604. The molecule has 2 aliphatic carbocycles. The lowest BCUT2D eigenvalue weighted by molar-refractivity contribution is 0.0272. The van der Waals surface area contributed by atoms with Gasteiger partial charge in [0.15, 0.2) is 0 Å². The highest BCUT2D eigenvalue weighted by Gasteiger charge is 2.62. The highest BCUT2D eigenvalue weighted by molar-refractivity contribution is 6.32. The fourth-order valence-corrected chi connectivity index (χ4v) is 4.52. The molecule has 4 heteroatoms. The zero-order chi connectivity index (χ0) is 14.5. The van der Waals surface area contributed by atoms with Crippen molar-refractivity contribution in [2.24, 2.45) is 16.7 Å². The number of pyridine rings is 1. The van der Waals surface area contributed by atoms with Crippen molar-refractivity contribution in [3.63, 3.8) is 0 Å². The van der Waals surface area contributed by atoms with E-state index in [-0.39, 0.29) is 11.5 Å². The fraction of sp³-hybridized carbons (Fsp3) is 0.688. The zero-order valence-electron chi connectivity index (χ0n) is 12.2. The van der Waals surface area contributed by atoms with Gasteiger partial charge in [-0.2, -0.15) is 0 Å². The second kappa shape index (κ2) is 4.78. The van der Waals surface area contributed by atoms with Crippen LogP contribution in [-0.4, -0.2) is 11.1 Å². The molecule has 0 amide bonds. The Morgan fingerprint density at radius 1 is 1.35 bits per heavy atom. The molecule has 2 bridgehead atoms. The second-order valence-electron chi connectivity index (χ2n) is 6.93. The van der Waals surface area contributed by atoms with Crippen LogP contribution in [0, 0.1) is 16.7 Å². The van der Waals surface area contributed by atoms with Crippen molar-refractivity contribution in [3.05, 3.63) is 22.8 Å². The Labute approximate surface area is 130 Å². The van der Waals surface area contributed by atoms with Crippen LogP contribution in [0.15, 0.2) is 12.1 Å². The van der Waals surface area contributed by atoms with Crippen LogP contribution in [0.3, 0.4) is 0 Å². The van der Waals surface area contributed by atoms with Gasteiger partial charge in [0.05, 0.1) is 16.6 Å². The largest absolute Gasteiger partial charge is 0.474 e. The van der Waals surface area contributed by atoms with Gasteiger partial charge in [0.2, 0.25) is 5.88 Å². The van der Waals surface area contributed by atoms with Gasteiger partial charge in [-0.1, -0.05) is 32.4 Å². The Morgan fingerprint density at radius 2 is 2.10 bits per heavy atom. The molecule has 2 saturated carbocycles. The van der Waals surface area contributed by atoms with Crippen molar-refractivity contribution in [1.82, 2.24) is 4.98 Å². The number of aromatic nitrogens is 1. The highest BCUT2D eigenvalue weighted by Crippen LogP contribution is 2.66. The molecule has 20 heavy (non-hydrogen) atoms. The predicted molar refractivity (Wildman–Crippen MR) is 82.4 cm³/mol. The van der Waals surface area contributed by atoms with E-state index in [1.165, 1.54) is 12.8 Å². The molecule has 1 aromatic rings. The zero-order valence-corrected chi connectivity index (χ0v) is 13.8. The lowest BCUT2D eigenvalue weighted by Gasteiger charge is -2.38. The number of alkyl halides is 1. The predicted octanol–water partition coefficient (Wildman–Crippen LogP) is 5.07. The number of hydrogen-bond acceptors (Lipinski definition) is 2. The first-order valence-corrected chi connectivity index (χ1v) is 8.18. The Hall–Kier alpha value is -0.470. The molecule has 110 valence electrons. The first-order chi connectivity index (χ1) is 9.38. The van der Waals surface area contributed by atoms with Gasteiger partial charge in [0.25, 0.3) is 0 Å². The van der Waals surface area contributed by atoms with E-state index in [9.17, 15) is 0 Å². The van der Waals surface area contributed by atoms with Crippen LogP contribution in [0.4, 0.5) is 0 Å². The van der Waals surface area contributed by atoms with Crippen molar-refractivity contribution in [2.75, 3.05) is 0 Å². The van der Waals surface area contributed by atoms with Crippen LogP contribution in [0.2, 0.25) is 5.02 Å². The maximum absolute atomic E-state index is 6.22. The van der Waals surface area contributed by atoms with E-state index in [4.69, 9.17) is 27.9 Å². The summed E-state index contributed by atoms with van der Waals surface area (Å²) < 4.78 is 6.22. The third-order valence-electron chi connectivity index (χ3n) is 6.00. The van der Waals surface area contributed by atoms with Gasteiger partial charge in [-0.25, -0.2) is 4.98 Å². The van der Waals surface area contributed by atoms with Crippen LogP contribution < -0.4 is 4.74 Å². The first kappa shape index (κ1) is 14.5. The van der Waals surface area contributed by atoms with Crippen LogP contribution in [0.1, 0.15) is 45.7 Å². The summed E-state index contributed by atoms with van der Waals surface area (Å²) in [6.45, 7) is 7.13. The third-order valence-corrected chi connectivity index (χ3v) is 6.59. The quantitative estimate of drug-likeness (QED) is 0.727. The smallest absolute Gasteiger partial charge is 0.213 e. The molecular weight excluding hydrogens is 293 g/mol. The molecule has 3 unspecified atom stereocenters. The molecule has 0 radical (unpaired) electrons. The topological polar surface area (TPSA) is 22.1 Å². The summed E-state index contributed by atoms with van der Waals surface area (Å²) in [7, 11) is 0. The molecule has 0 aromatic carbocycles. The summed E-state index contributed by atoms with van der Waals surface area (Å²) in [6.07, 6.45) is 3.94. The summed E-state index contributed by atoms with van der Waals surface area (Å²) >= 11 is 11.9. The van der Waals surface area contributed by atoms with E-state index < -0.39 is 0 Å². The molecule has 0 spiro atoms. The monoisotopic (exact) mass is 313 g/mol. The molecule has 1 heterocycles. The van der Waals surface area contributed by atoms with Crippen molar-refractivity contribution >= 4 is 23.2 Å². The number of hydrogen-bond donors (Lipinski definition) is 0. The van der Waals surface area contributed by atoms with Gasteiger partial charge in [0, 0.05) is 11.5 Å². The highest BCUT2D eigenvalue weighted by atomic mass is 35.5. The van der Waals surface area contributed by atoms with Crippen molar-refractivity contribution in [3.8, 4) is 5.88 Å². The Kier molecular flexibility index (Phi) is 3.45. The van der Waals surface area contributed by atoms with Crippen molar-refractivity contribution < 1.29 is 4.74 Å². The van der Waals surface area contributed by atoms with Gasteiger partial charge in [0.1, 0.15) is 6.10 Å². The van der Waals surface area contributed by atoms with Crippen LogP contribution >= 0.6 is 23.2 Å². The number of nitrogens with zero attached hydrogens (tertiary/aromatic N) is 1. The van der Waals surface area contributed by atoms with E-state index in [1.807, 2.05) is 12.1 Å². The fourth-order valence-electron chi connectivity index (χ4n) is 4.08. The molecule has 0 aliphatic heterocycles. The summed E-state index contributed by atoms with van der Waals surface area (Å²) in [5.74, 6) is 1.73. The summed E-state index contributed by atoms with van der Waals surface area (Å²) in [4.78, 5) is 4.43. The van der Waals surface area contributed by atoms with Crippen LogP contribution in [0.25, 0.3) is 0 Å². The molecule has 1 aromatic heterocycles. The van der Waals surface area contributed by atoms with E-state index in [0.717, 1.165) is 12.3 Å². The second-order valence-corrected chi connectivity index (χ2v) is 7.60. The Bertz CT molecular complexity index is 531. The molecule has 2 aliphatic rings. The molecule has 3 rings (SSSR count). The number of fused-ring (bicyclic) bond motifs is 2. The summed E-state index contributed by atoms with van der Waals surface area (Å²) in [6, 6.07) is 3.67. The normalized spacial score (nSPS) is 34.5. The van der Waals surface area contributed by atoms with Gasteiger partial charge in [-0.3, -0.25) is 0 Å². The number of ether oxygens (including phenoxy) is 1. The first-order valence-electron chi connectivity index (χ1n) is 7.26. The van der Waals surface area contributed by atoms with Gasteiger partial charge < -0.3 is 4.74 Å². The van der Waals surface area contributed by atoms with Gasteiger partial charge >= 0.3 is 0 Å². The summed E-state index contributed by atoms with van der Waals surface area (Å²) in [5.41, 5.74) is 1.28. The van der Waals surface area contributed by atoms with Gasteiger partial charge in [-0.15, -0.1) is 11.6 Å². The molecule has 3 atom stereocenters. The minimum atomic E-state index is 0.236. The molecule has 0 saturated heterocycles. The standard InChI is InChI=1S/C16H21Cl2NO/c1-15(2)10-6-7-16(15,3)13(8-10)20-14-5-4-11(18)12(9-17)19-14/h4-5,10,13H,6-9H2,1-3H3. The van der Waals surface area contributed by atoms with E-state index in [1.54, 1.807) is 0 Å². The third kappa shape index (κ3) is 1.95.